The summed E-state index contributed by atoms with van der Waals surface area (Å²) in [5.74, 6) is 7.24. The summed E-state index contributed by atoms with van der Waals surface area (Å²) >= 11 is 0. The summed E-state index contributed by atoms with van der Waals surface area (Å²) in [5, 5.41) is 0. The highest BCUT2D eigenvalue weighted by Gasteiger charge is 2.17. The van der Waals surface area contributed by atoms with Crippen molar-refractivity contribution in [2.24, 2.45) is 5.84 Å². The number of aryl methyl sites for hydroxylation is 1. The Hall–Kier alpha value is -1.94. The van der Waals surface area contributed by atoms with Gasteiger partial charge < -0.3 is 5.43 Å². The first kappa shape index (κ1) is 12.1. The zero-order valence-corrected chi connectivity index (χ0v) is 10.9. The summed E-state index contributed by atoms with van der Waals surface area (Å²) in [6, 6.07) is 10.3. The summed E-state index contributed by atoms with van der Waals surface area (Å²) in [5.41, 5.74) is 6.32. The zero-order chi connectivity index (χ0) is 13.1. The highest BCUT2D eigenvalue weighted by molar-refractivity contribution is 5.47. The second-order valence-electron chi connectivity index (χ2n) is 4.93. The molecule has 1 heterocycles. The number of rotatable bonds is 3. The molecule has 1 aromatic carbocycles. The molecule has 1 aliphatic rings. The van der Waals surface area contributed by atoms with Gasteiger partial charge in [-0.1, -0.05) is 30.3 Å². The Balaban J connectivity index is 1.94. The van der Waals surface area contributed by atoms with Gasteiger partial charge in [0.2, 0.25) is 0 Å². The van der Waals surface area contributed by atoms with Gasteiger partial charge in [-0.15, -0.1) is 0 Å². The van der Waals surface area contributed by atoms with E-state index in [0.717, 1.165) is 30.9 Å². The molecule has 0 amide bonds. The van der Waals surface area contributed by atoms with Crippen molar-refractivity contribution in [3.63, 3.8) is 0 Å². The number of anilines is 1. The lowest BCUT2D eigenvalue weighted by atomic mass is 9.96. The predicted molar refractivity (Wildman–Crippen MR) is 75.7 cm³/mol. The number of aromatic nitrogens is 2. The van der Waals surface area contributed by atoms with E-state index in [2.05, 4.69) is 22.5 Å². The molecule has 0 saturated carbocycles. The van der Waals surface area contributed by atoms with Crippen LogP contribution in [0.4, 0.5) is 5.82 Å². The van der Waals surface area contributed by atoms with Gasteiger partial charge >= 0.3 is 0 Å². The highest BCUT2D eigenvalue weighted by atomic mass is 15.3. The number of hydrogen-bond acceptors (Lipinski definition) is 4. The van der Waals surface area contributed by atoms with E-state index in [1.165, 1.54) is 29.7 Å². The number of hydrogen-bond donors (Lipinski definition) is 2. The van der Waals surface area contributed by atoms with E-state index in [-0.39, 0.29) is 0 Å². The number of nitrogens with zero attached hydrogens (tertiary/aromatic N) is 2. The van der Waals surface area contributed by atoms with Crippen LogP contribution in [0.2, 0.25) is 0 Å². The Bertz CT molecular complexity index is 549. The topological polar surface area (TPSA) is 63.8 Å². The van der Waals surface area contributed by atoms with Crippen LogP contribution >= 0.6 is 0 Å². The first-order valence-corrected chi connectivity index (χ1v) is 6.76. The predicted octanol–water partition coefficient (Wildman–Crippen LogP) is 2.23. The smallest absolute Gasteiger partial charge is 0.147 e. The van der Waals surface area contributed by atoms with Crippen LogP contribution in [0, 0.1) is 0 Å². The van der Waals surface area contributed by atoms with Gasteiger partial charge in [-0.05, 0) is 31.2 Å². The molecule has 3 N–H and O–H groups in total. The molecule has 19 heavy (non-hydrogen) atoms. The molecule has 1 aliphatic carbocycles. The van der Waals surface area contributed by atoms with Crippen molar-refractivity contribution in [1.29, 1.82) is 0 Å². The maximum Gasteiger partial charge on any atom is 0.147 e. The molecular weight excluding hydrogens is 236 g/mol. The maximum absolute atomic E-state index is 5.60. The molecule has 0 aliphatic heterocycles. The van der Waals surface area contributed by atoms with E-state index in [0.29, 0.717) is 0 Å². The van der Waals surface area contributed by atoms with E-state index in [1.54, 1.807) is 0 Å². The van der Waals surface area contributed by atoms with E-state index in [9.17, 15) is 0 Å². The van der Waals surface area contributed by atoms with Gasteiger partial charge in [0.15, 0.2) is 0 Å². The highest BCUT2D eigenvalue weighted by Crippen LogP contribution is 2.25. The lowest BCUT2D eigenvalue weighted by Gasteiger charge is -2.18. The molecule has 0 atom stereocenters. The van der Waals surface area contributed by atoms with Gasteiger partial charge in [-0.2, -0.15) is 0 Å². The third-order valence-corrected chi connectivity index (χ3v) is 3.57. The SMILES string of the molecule is NNc1nc(Cc2ccccc2)nc2c1CCCC2. The first-order chi connectivity index (χ1) is 9.36. The van der Waals surface area contributed by atoms with Crippen LogP contribution in [0.25, 0.3) is 0 Å². The Morgan fingerprint density at radius 3 is 2.63 bits per heavy atom. The summed E-state index contributed by atoms with van der Waals surface area (Å²) in [6.07, 6.45) is 5.22. The van der Waals surface area contributed by atoms with E-state index < -0.39 is 0 Å². The quantitative estimate of drug-likeness (QED) is 0.651. The second kappa shape index (κ2) is 5.36. The molecular formula is C15H18N4. The van der Waals surface area contributed by atoms with Gasteiger partial charge in [0.25, 0.3) is 0 Å². The molecule has 2 aromatic rings. The molecule has 1 aromatic heterocycles. The third-order valence-electron chi connectivity index (χ3n) is 3.57. The monoisotopic (exact) mass is 254 g/mol. The molecule has 4 heteroatoms. The van der Waals surface area contributed by atoms with Gasteiger partial charge in [-0.3, -0.25) is 0 Å². The van der Waals surface area contributed by atoms with Crippen molar-refractivity contribution in [3.8, 4) is 0 Å². The fraction of sp³-hybridized carbons (Fsp3) is 0.333. The lowest BCUT2D eigenvalue weighted by Crippen LogP contribution is -2.18. The van der Waals surface area contributed by atoms with Gasteiger partial charge in [-0.25, -0.2) is 15.8 Å². The van der Waals surface area contributed by atoms with Crippen LogP contribution in [0.1, 0.15) is 35.5 Å². The number of benzene rings is 1. The molecule has 0 spiro atoms. The average Bonchev–Trinajstić information content (AvgIpc) is 2.47. The van der Waals surface area contributed by atoms with Crippen LogP contribution in [-0.4, -0.2) is 9.97 Å². The van der Waals surface area contributed by atoms with Crippen LogP contribution in [-0.2, 0) is 19.3 Å². The molecule has 0 saturated heterocycles. The number of nitrogens with two attached hydrogens (primary N) is 1. The number of fused-ring (bicyclic) bond motifs is 1. The van der Waals surface area contributed by atoms with Crippen LogP contribution < -0.4 is 11.3 Å². The minimum Gasteiger partial charge on any atom is -0.308 e. The molecule has 0 radical (unpaired) electrons. The van der Waals surface area contributed by atoms with Crippen molar-refractivity contribution in [2.75, 3.05) is 5.43 Å². The fourth-order valence-corrected chi connectivity index (χ4v) is 2.62. The molecule has 98 valence electrons. The van der Waals surface area contributed by atoms with E-state index in [1.807, 2.05) is 18.2 Å². The number of nitrogen functional groups attached to an aromatic ring is 1. The molecule has 0 unspecified atom stereocenters. The van der Waals surface area contributed by atoms with Crippen molar-refractivity contribution in [3.05, 3.63) is 53.0 Å². The van der Waals surface area contributed by atoms with Crippen molar-refractivity contribution in [2.45, 2.75) is 32.1 Å². The van der Waals surface area contributed by atoms with Crippen molar-refractivity contribution in [1.82, 2.24) is 9.97 Å². The lowest BCUT2D eigenvalue weighted by molar-refractivity contribution is 0.657. The normalized spacial score (nSPS) is 13.9. The molecule has 0 bridgehead atoms. The van der Waals surface area contributed by atoms with Crippen LogP contribution in [0.3, 0.4) is 0 Å². The Morgan fingerprint density at radius 2 is 1.84 bits per heavy atom. The van der Waals surface area contributed by atoms with E-state index >= 15 is 0 Å². The zero-order valence-electron chi connectivity index (χ0n) is 10.9. The largest absolute Gasteiger partial charge is 0.308 e. The van der Waals surface area contributed by atoms with Crippen LogP contribution in [0.15, 0.2) is 30.3 Å². The minimum absolute atomic E-state index is 0.753. The van der Waals surface area contributed by atoms with Gasteiger partial charge in [0, 0.05) is 17.7 Å². The average molecular weight is 254 g/mol. The second-order valence-corrected chi connectivity index (χ2v) is 4.93. The number of nitrogens with one attached hydrogen (secondary N) is 1. The number of hydrazine groups is 1. The third kappa shape index (κ3) is 2.58. The fourth-order valence-electron chi connectivity index (χ4n) is 2.62. The molecule has 3 rings (SSSR count). The minimum atomic E-state index is 0.753. The Morgan fingerprint density at radius 1 is 1.05 bits per heavy atom. The van der Waals surface area contributed by atoms with Gasteiger partial charge in [0.05, 0.1) is 0 Å². The Kier molecular flexibility index (Phi) is 3.42. The molecule has 0 fully saturated rings. The van der Waals surface area contributed by atoms with Crippen LogP contribution in [0.5, 0.6) is 0 Å². The van der Waals surface area contributed by atoms with Crippen molar-refractivity contribution < 1.29 is 0 Å². The maximum atomic E-state index is 5.60. The van der Waals surface area contributed by atoms with Gasteiger partial charge in [0.1, 0.15) is 11.6 Å². The molecule has 4 nitrogen and oxygen atoms in total. The summed E-state index contributed by atoms with van der Waals surface area (Å²) in [7, 11) is 0. The van der Waals surface area contributed by atoms with Crippen molar-refractivity contribution >= 4 is 5.82 Å². The summed E-state index contributed by atoms with van der Waals surface area (Å²) in [6.45, 7) is 0. The van der Waals surface area contributed by atoms with E-state index in [4.69, 9.17) is 10.8 Å². The summed E-state index contributed by atoms with van der Waals surface area (Å²) < 4.78 is 0. The first-order valence-electron chi connectivity index (χ1n) is 6.76. The Labute approximate surface area is 113 Å². The standard InChI is InChI=1S/C15H18N4/c16-19-15-12-8-4-5-9-13(12)17-14(18-15)10-11-6-2-1-3-7-11/h1-3,6-7H,4-5,8-10,16H2,(H,17,18,19). The summed E-state index contributed by atoms with van der Waals surface area (Å²) in [4.78, 5) is 9.26.